The van der Waals surface area contributed by atoms with E-state index in [0.29, 0.717) is 5.92 Å². The van der Waals surface area contributed by atoms with Crippen LogP contribution in [0.5, 0.6) is 0 Å². The predicted molar refractivity (Wildman–Crippen MR) is 62.3 cm³/mol. The van der Waals surface area contributed by atoms with Crippen LogP contribution in [0.3, 0.4) is 0 Å². The zero-order valence-corrected chi connectivity index (χ0v) is 9.22. The second-order valence-electron chi connectivity index (χ2n) is 4.99. The third-order valence-electron chi connectivity index (χ3n) is 4.00. The molecule has 2 fully saturated rings. The van der Waals surface area contributed by atoms with Crippen LogP contribution in [-0.2, 0) is 0 Å². The normalized spacial score (nSPS) is 30.3. The number of piperidine rings is 1. The lowest BCUT2D eigenvalue weighted by Crippen LogP contribution is -2.25. The van der Waals surface area contributed by atoms with E-state index in [2.05, 4.69) is 25.9 Å². The van der Waals surface area contributed by atoms with Gasteiger partial charge in [0.15, 0.2) is 0 Å². The summed E-state index contributed by atoms with van der Waals surface area (Å²) in [5.41, 5.74) is 0.773. The van der Waals surface area contributed by atoms with E-state index in [1.807, 2.05) is 12.3 Å². The summed E-state index contributed by atoms with van der Waals surface area (Å²) in [6, 6.07) is 4.46. The highest BCUT2D eigenvalue weighted by atomic mass is 15.2. The molecular formula is C12H11N5. The van der Waals surface area contributed by atoms with Gasteiger partial charge in [0.05, 0.1) is 16.9 Å². The van der Waals surface area contributed by atoms with Gasteiger partial charge >= 0.3 is 0 Å². The largest absolute Gasteiger partial charge is 0.354 e. The summed E-state index contributed by atoms with van der Waals surface area (Å²) in [6.45, 7) is 1.76. The van der Waals surface area contributed by atoms with Crippen LogP contribution in [0.2, 0.25) is 0 Å². The molecule has 0 spiro atoms. The molecule has 0 amide bonds. The van der Waals surface area contributed by atoms with Gasteiger partial charge in [0.1, 0.15) is 17.8 Å². The van der Waals surface area contributed by atoms with Crippen LogP contribution in [0.25, 0.3) is 11.0 Å². The number of hydrogen-bond donors (Lipinski definition) is 1. The van der Waals surface area contributed by atoms with Gasteiger partial charge in [-0.25, -0.2) is 9.97 Å². The van der Waals surface area contributed by atoms with Crippen molar-refractivity contribution in [1.29, 1.82) is 5.26 Å². The first-order valence-corrected chi connectivity index (χ1v) is 5.77. The van der Waals surface area contributed by atoms with Gasteiger partial charge in [-0.2, -0.15) is 5.26 Å². The fourth-order valence-corrected chi connectivity index (χ4v) is 2.93. The Kier molecular flexibility index (Phi) is 1.47. The van der Waals surface area contributed by atoms with Crippen molar-refractivity contribution in [2.24, 2.45) is 11.3 Å². The molecule has 4 rings (SSSR count). The lowest BCUT2D eigenvalue weighted by Gasteiger charge is -2.20. The Bertz CT molecular complexity index is 640. The maximum atomic E-state index is 9.19. The molecule has 17 heavy (non-hydrogen) atoms. The van der Waals surface area contributed by atoms with Crippen molar-refractivity contribution in [2.45, 2.75) is 6.42 Å². The van der Waals surface area contributed by atoms with Gasteiger partial charge in [-0.1, -0.05) is 0 Å². The Labute approximate surface area is 98.1 Å². The molecule has 1 saturated carbocycles. The number of anilines is 1. The molecule has 2 unspecified atom stereocenters. The molecular weight excluding hydrogens is 214 g/mol. The molecule has 1 saturated heterocycles. The predicted octanol–water partition coefficient (Wildman–Crippen LogP) is 1.31. The topological polar surface area (TPSA) is 68.6 Å². The van der Waals surface area contributed by atoms with E-state index in [4.69, 9.17) is 0 Å². The van der Waals surface area contributed by atoms with Gasteiger partial charge in [-0.3, -0.25) is 0 Å². The lowest BCUT2D eigenvalue weighted by molar-refractivity contribution is 0.693. The summed E-state index contributed by atoms with van der Waals surface area (Å²) in [4.78, 5) is 13.9. The Morgan fingerprint density at radius 1 is 1.53 bits per heavy atom. The summed E-state index contributed by atoms with van der Waals surface area (Å²) < 4.78 is 0. The van der Waals surface area contributed by atoms with Gasteiger partial charge in [0.25, 0.3) is 0 Å². The molecule has 3 heterocycles. The highest BCUT2D eigenvalue weighted by Gasteiger charge is 2.61. The molecule has 0 radical (unpaired) electrons. The second-order valence-corrected chi connectivity index (χ2v) is 4.99. The van der Waals surface area contributed by atoms with E-state index in [0.717, 1.165) is 36.4 Å². The maximum Gasteiger partial charge on any atom is 0.142 e. The molecule has 2 aromatic heterocycles. The van der Waals surface area contributed by atoms with Crippen LogP contribution in [0.1, 0.15) is 6.42 Å². The quantitative estimate of drug-likeness (QED) is 0.794. The zero-order chi connectivity index (χ0) is 11.5. The number of fused-ring (bicyclic) bond motifs is 2. The van der Waals surface area contributed by atoms with Gasteiger partial charge in [-0.05, 0) is 18.4 Å². The van der Waals surface area contributed by atoms with Crippen molar-refractivity contribution in [1.82, 2.24) is 15.0 Å². The van der Waals surface area contributed by atoms with Crippen LogP contribution < -0.4 is 4.90 Å². The Morgan fingerprint density at radius 3 is 3.29 bits per heavy atom. The Balaban J connectivity index is 1.77. The number of nitriles is 1. The number of rotatable bonds is 1. The van der Waals surface area contributed by atoms with Crippen molar-refractivity contribution in [2.75, 3.05) is 18.0 Å². The number of nitrogens with zero attached hydrogens (tertiary/aromatic N) is 4. The molecule has 5 heteroatoms. The van der Waals surface area contributed by atoms with Crippen molar-refractivity contribution in [3.63, 3.8) is 0 Å². The molecule has 1 aliphatic heterocycles. The molecule has 84 valence electrons. The minimum atomic E-state index is -0.0897. The van der Waals surface area contributed by atoms with E-state index < -0.39 is 0 Å². The van der Waals surface area contributed by atoms with E-state index in [9.17, 15) is 5.26 Å². The summed E-state index contributed by atoms with van der Waals surface area (Å²) in [7, 11) is 0. The molecule has 0 aromatic carbocycles. The van der Waals surface area contributed by atoms with Gasteiger partial charge < -0.3 is 9.88 Å². The van der Waals surface area contributed by atoms with E-state index >= 15 is 0 Å². The molecule has 0 bridgehead atoms. The highest BCUT2D eigenvalue weighted by molar-refractivity contribution is 5.87. The third-order valence-corrected chi connectivity index (χ3v) is 4.00. The molecule has 2 aromatic rings. The van der Waals surface area contributed by atoms with E-state index in [1.165, 1.54) is 0 Å². The third kappa shape index (κ3) is 1.07. The standard InChI is InChI=1S/C12H11N5/c13-5-12-3-8(12)4-17(6-12)11-9-1-2-14-10(9)15-7-16-11/h1-2,7-8H,3-4,6H2,(H,14,15,16). The zero-order valence-electron chi connectivity index (χ0n) is 9.22. The van der Waals surface area contributed by atoms with Crippen molar-refractivity contribution >= 4 is 16.9 Å². The molecule has 2 aliphatic rings. The minimum Gasteiger partial charge on any atom is -0.354 e. The molecule has 5 nitrogen and oxygen atoms in total. The second kappa shape index (κ2) is 2.77. The Hall–Kier alpha value is -2.09. The average molecular weight is 225 g/mol. The maximum absolute atomic E-state index is 9.19. The monoisotopic (exact) mass is 225 g/mol. The fraction of sp³-hybridized carbons (Fsp3) is 0.417. The van der Waals surface area contributed by atoms with Gasteiger partial charge in [0, 0.05) is 19.3 Å². The van der Waals surface area contributed by atoms with Crippen LogP contribution in [0, 0.1) is 22.7 Å². The van der Waals surface area contributed by atoms with Gasteiger partial charge in [0.2, 0.25) is 0 Å². The number of hydrogen-bond acceptors (Lipinski definition) is 4. The van der Waals surface area contributed by atoms with E-state index in [1.54, 1.807) is 6.33 Å². The smallest absolute Gasteiger partial charge is 0.142 e. The van der Waals surface area contributed by atoms with Crippen molar-refractivity contribution < 1.29 is 0 Å². The summed E-state index contributed by atoms with van der Waals surface area (Å²) >= 11 is 0. The SMILES string of the molecule is N#CC12CC1CN(c1ncnc3[nH]ccc13)C2. The van der Waals surface area contributed by atoms with Crippen LogP contribution >= 0.6 is 0 Å². The summed E-state index contributed by atoms with van der Waals surface area (Å²) in [5, 5.41) is 10.2. The van der Waals surface area contributed by atoms with Gasteiger partial charge in [-0.15, -0.1) is 0 Å². The molecule has 2 atom stereocenters. The van der Waals surface area contributed by atoms with Crippen molar-refractivity contribution in [3.8, 4) is 6.07 Å². The lowest BCUT2D eigenvalue weighted by atomic mass is 10.1. The van der Waals surface area contributed by atoms with Crippen molar-refractivity contribution in [3.05, 3.63) is 18.6 Å². The average Bonchev–Trinajstić information content (AvgIpc) is 2.78. The fourth-order valence-electron chi connectivity index (χ4n) is 2.93. The number of nitrogens with one attached hydrogen (secondary N) is 1. The minimum absolute atomic E-state index is 0.0897. The highest BCUT2D eigenvalue weighted by Crippen LogP contribution is 2.57. The Morgan fingerprint density at radius 2 is 2.47 bits per heavy atom. The summed E-state index contributed by atoms with van der Waals surface area (Å²) in [5.74, 6) is 1.49. The van der Waals surface area contributed by atoms with Crippen LogP contribution in [-0.4, -0.2) is 28.0 Å². The molecule has 1 N–H and O–H groups in total. The first kappa shape index (κ1) is 8.99. The number of aromatic nitrogens is 3. The summed E-state index contributed by atoms with van der Waals surface area (Å²) in [6.07, 6.45) is 4.51. The van der Waals surface area contributed by atoms with Crippen LogP contribution in [0.15, 0.2) is 18.6 Å². The first-order chi connectivity index (χ1) is 8.32. The van der Waals surface area contributed by atoms with Crippen LogP contribution in [0.4, 0.5) is 5.82 Å². The first-order valence-electron chi connectivity index (χ1n) is 5.77. The number of H-pyrrole nitrogens is 1. The molecule has 1 aliphatic carbocycles. The number of aromatic amines is 1. The van der Waals surface area contributed by atoms with E-state index in [-0.39, 0.29) is 5.41 Å².